The molecule has 0 spiro atoms. The van der Waals surface area contributed by atoms with Crippen molar-refractivity contribution in [2.24, 2.45) is 5.73 Å². The number of carbonyl (C=O) groups is 1. The Morgan fingerprint density at radius 3 is 2.82 bits per heavy atom. The molecule has 1 amide bonds. The largest absolute Gasteiger partial charge is 0.370 e. The Bertz CT molecular complexity index is 378. The van der Waals surface area contributed by atoms with Crippen molar-refractivity contribution in [2.75, 3.05) is 19.7 Å². The summed E-state index contributed by atoms with van der Waals surface area (Å²) >= 11 is 0. The zero-order valence-electron chi connectivity index (χ0n) is 10.0. The number of morpholine rings is 1. The van der Waals surface area contributed by atoms with Gasteiger partial charge in [-0.15, -0.1) is 0 Å². The maximum Gasteiger partial charge on any atom is 0.239 e. The van der Waals surface area contributed by atoms with E-state index >= 15 is 0 Å². The van der Waals surface area contributed by atoms with Crippen LogP contribution in [-0.2, 0) is 9.53 Å². The summed E-state index contributed by atoms with van der Waals surface area (Å²) in [6.45, 7) is 3.50. The number of nitrogens with zero attached hydrogens (tertiary/aromatic N) is 1. The van der Waals surface area contributed by atoms with E-state index in [2.05, 4.69) is 0 Å². The van der Waals surface area contributed by atoms with Crippen LogP contribution in [0.3, 0.4) is 0 Å². The average Bonchev–Trinajstić information content (AvgIpc) is 2.39. The minimum absolute atomic E-state index is 0.00534. The Balaban J connectivity index is 2.05. The fourth-order valence-corrected chi connectivity index (χ4v) is 2.01. The van der Waals surface area contributed by atoms with Gasteiger partial charge in [0.15, 0.2) is 0 Å². The van der Waals surface area contributed by atoms with Crippen LogP contribution in [0, 0.1) is 0 Å². The van der Waals surface area contributed by atoms with Crippen LogP contribution >= 0.6 is 0 Å². The molecule has 4 heteroatoms. The minimum atomic E-state index is -0.440. The van der Waals surface area contributed by atoms with E-state index in [0.29, 0.717) is 19.7 Å². The van der Waals surface area contributed by atoms with Crippen molar-refractivity contribution >= 4 is 5.91 Å². The topological polar surface area (TPSA) is 55.6 Å². The van der Waals surface area contributed by atoms with Crippen LogP contribution in [0.15, 0.2) is 30.3 Å². The Labute approximate surface area is 101 Å². The van der Waals surface area contributed by atoms with Gasteiger partial charge in [0.1, 0.15) is 6.10 Å². The summed E-state index contributed by atoms with van der Waals surface area (Å²) in [4.78, 5) is 13.6. The number of hydrogen-bond acceptors (Lipinski definition) is 3. The third-order valence-electron chi connectivity index (χ3n) is 2.94. The molecule has 0 aromatic heterocycles. The van der Waals surface area contributed by atoms with Crippen LogP contribution in [0.5, 0.6) is 0 Å². The van der Waals surface area contributed by atoms with E-state index in [4.69, 9.17) is 10.5 Å². The highest BCUT2D eigenvalue weighted by Gasteiger charge is 2.26. The molecule has 17 heavy (non-hydrogen) atoms. The van der Waals surface area contributed by atoms with E-state index in [1.807, 2.05) is 30.3 Å². The van der Waals surface area contributed by atoms with E-state index in [-0.39, 0.29) is 12.0 Å². The first-order chi connectivity index (χ1) is 8.18. The number of benzene rings is 1. The zero-order valence-corrected chi connectivity index (χ0v) is 10.0. The molecule has 1 fully saturated rings. The number of amides is 1. The maximum atomic E-state index is 11.8. The summed E-state index contributed by atoms with van der Waals surface area (Å²) < 4.78 is 5.69. The summed E-state index contributed by atoms with van der Waals surface area (Å²) in [6.07, 6.45) is -0.0346. The Hall–Kier alpha value is -1.39. The first kappa shape index (κ1) is 12.1. The van der Waals surface area contributed by atoms with E-state index in [1.54, 1.807) is 11.8 Å². The third-order valence-corrected chi connectivity index (χ3v) is 2.94. The highest BCUT2D eigenvalue weighted by Crippen LogP contribution is 2.22. The molecular formula is C13H18N2O2. The van der Waals surface area contributed by atoms with Crippen molar-refractivity contribution in [1.82, 2.24) is 4.90 Å². The van der Waals surface area contributed by atoms with Gasteiger partial charge >= 0.3 is 0 Å². The zero-order chi connectivity index (χ0) is 12.3. The van der Waals surface area contributed by atoms with Gasteiger partial charge in [-0.3, -0.25) is 4.79 Å². The van der Waals surface area contributed by atoms with Crippen LogP contribution in [0.1, 0.15) is 18.6 Å². The van der Waals surface area contributed by atoms with Crippen LogP contribution in [-0.4, -0.2) is 36.5 Å². The number of ether oxygens (including phenoxy) is 1. The maximum absolute atomic E-state index is 11.8. The fourth-order valence-electron chi connectivity index (χ4n) is 2.01. The smallest absolute Gasteiger partial charge is 0.239 e. The molecule has 0 radical (unpaired) electrons. The van der Waals surface area contributed by atoms with Crippen LogP contribution < -0.4 is 5.73 Å². The van der Waals surface area contributed by atoms with E-state index in [1.165, 1.54) is 0 Å². The van der Waals surface area contributed by atoms with Crippen LogP contribution in [0.2, 0.25) is 0 Å². The van der Waals surface area contributed by atoms with E-state index in [9.17, 15) is 4.79 Å². The lowest BCUT2D eigenvalue weighted by Gasteiger charge is -2.34. The SMILES string of the molecule is C[C@@H](N)C(=O)N1CCOC(c2ccccc2)C1. The number of nitrogens with two attached hydrogens (primary N) is 1. The summed E-state index contributed by atoms with van der Waals surface area (Å²) in [6, 6.07) is 9.52. The molecule has 0 aliphatic carbocycles. The number of carbonyl (C=O) groups excluding carboxylic acids is 1. The van der Waals surface area contributed by atoms with Gasteiger partial charge in [-0.2, -0.15) is 0 Å². The highest BCUT2D eigenvalue weighted by atomic mass is 16.5. The lowest BCUT2D eigenvalue weighted by Crippen LogP contribution is -2.48. The Morgan fingerprint density at radius 2 is 2.18 bits per heavy atom. The van der Waals surface area contributed by atoms with Gasteiger partial charge in [0.25, 0.3) is 0 Å². The second-order valence-corrected chi connectivity index (χ2v) is 4.34. The Kier molecular flexibility index (Phi) is 3.76. The standard InChI is InChI=1S/C13H18N2O2/c1-10(14)13(16)15-7-8-17-12(9-15)11-5-3-2-4-6-11/h2-6,10,12H,7-9,14H2,1H3/t10-,12?/m1/s1. The van der Waals surface area contributed by atoms with Gasteiger partial charge in [0, 0.05) is 6.54 Å². The number of rotatable bonds is 2. The predicted molar refractivity (Wildman–Crippen MR) is 65.4 cm³/mol. The Morgan fingerprint density at radius 1 is 1.47 bits per heavy atom. The molecule has 1 aromatic carbocycles. The van der Waals surface area contributed by atoms with Gasteiger partial charge in [0.2, 0.25) is 5.91 Å². The molecule has 1 heterocycles. The van der Waals surface area contributed by atoms with Crippen molar-refractivity contribution in [3.63, 3.8) is 0 Å². The van der Waals surface area contributed by atoms with Crippen molar-refractivity contribution in [3.8, 4) is 0 Å². The normalized spacial score (nSPS) is 22.2. The predicted octanol–water partition coefficient (Wildman–Crippen LogP) is 0.934. The van der Waals surface area contributed by atoms with Crippen molar-refractivity contribution in [3.05, 3.63) is 35.9 Å². The quantitative estimate of drug-likeness (QED) is 0.828. The molecule has 1 aromatic rings. The lowest BCUT2D eigenvalue weighted by molar-refractivity contribution is -0.140. The first-order valence-electron chi connectivity index (χ1n) is 5.89. The van der Waals surface area contributed by atoms with Gasteiger partial charge < -0.3 is 15.4 Å². The molecule has 2 rings (SSSR count). The third kappa shape index (κ3) is 2.84. The summed E-state index contributed by atoms with van der Waals surface area (Å²) in [5.74, 6) is -0.00534. The van der Waals surface area contributed by atoms with Gasteiger partial charge in [0.05, 0.1) is 19.2 Å². The van der Waals surface area contributed by atoms with Crippen molar-refractivity contribution < 1.29 is 9.53 Å². The molecule has 1 aliphatic heterocycles. The fraction of sp³-hybridized carbons (Fsp3) is 0.462. The molecule has 92 valence electrons. The second kappa shape index (κ2) is 5.29. The summed E-state index contributed by atoms with van der Waals surface area (Å²) in [5.41, 5.74) is 6.73. The minimum Gasteiger partial charge on any atom is -0.370 e. The van der Waals surface area contributed by atoms with E-state index in [0.717, 1.165) is 5.56 Å². The van der Waals surface area contributed by atoms with Gasteiger partial charge in [-0.05, 0) is 12.5 Å². The molecule has 2 N–H and O–H groups in total. The molecule has 0 bridgehead atoms. The van der Waals surface area contributed by atoms with E-state index < -0.39 is 6.04 Å². The molecule has 2 atom stereocenters. The summed E-state index contributed by atoms with van der Waals surface area (Å²) in [5, 5.41) is 0. The molecule has 1 unspecified atom stereocenters. The molecule has 4 nitrogen and oxygen atoms in total. The van der Waals surface area contributed by atoms with Crippen molar-refractivity contribution in [1.29, 1.82) is 0 Å². The average molecular weight is 234 g/mol. The molecule has 0 saturated carbocycles. The highest BCUT2D eigenvalue weighted by molar-refractivity contribution is 5.81. The van der Waals surface area contributed by atoms with Crippen LogP contribution in [0.25, 0.3) is 0 Å². The van der Waals surface area contributed by atoms with Gasteiger partial charge in [-0.25, -0.2) is 0 Å². The van der Waals surface area contributed by atoms with Crippen molar-refractivity contribution in [2.45, 2.75) is 19.1 Å². The van der Waals surface area contributed by atoms with Gasteiger partial charge in [-0.1, -0.05) is 30.3 Å². The number of hydrogen-bond donors (Lipinski definition) is 1. The van der Waals surface area contributed by atoms with Crippen LogP contribution in [0.4, 0.5) is 0 Å². The first-order valence-corrected chi connectivity index (χ1v) is 5.89. The monoisotopic (exact) mass is 234 g/mol. The second-order valence-electron chi connectivity index (χ2n) is 4.34. The lowest BCUT2D eigenvalue weighted by atomic mass is 10.1. The molecule has 1 saturated heterocycles. The molecule has 1 aliphatic rings. The molecular weight excluding hydrogens is 216 g/mol. The summed E-state index contributed by atoms with van der Waals surface area (Å²) in [7, 11) is 0.